The Kier molecular flexibility index (Phi) is 3.62. The fourth-order valence-corrected chi connectivity index (χ4v) is 2.23. The maximum atomic E-state index is 9.82. The van der Waals surface area contributed by atoms with E-state index in [9.17, 15) is 5.11 Å². The fraction of sp³-hybridized carbons (Fsp3) is 0.583. The third-order valence-corrected chi connectivity index (χ3v) is 3.20. The number of nitrogen functional groups attached to an aromatic ring is 1. The number of rotatable bonds is 3. The minimum Gasteiger partial charge on any atom is -0.397 e. The van der Waals surface area contributed by atoms with Gasteiger partial charge in [-0.2, -0.15) is 0 Å². The highest BCUT2D eigenvalue weighted by Crippen LogP contribution is 2.24. The molecule has 0 bridgehead atoms. The summed E-state index contributed by atoms with van der Waals surface area (Å²) in [5.41, 5.74) is 7.23. The molecule has 16 heavy (non-hydrogen) atoms. The second-order valence-electron chi connectivity index (χ2n) is 4.50. The maximum absolute atomic E-state index is 9.82. The number of anilines is 2. The number of aromatic nitrogens is 1. The number of nitrogens with zero attached hydrogens (tertiary/aromatic N) is 1. The van der Waals surface area contributed by atoms with Crippen molar-refractivity contribution in [2.24, 2.45) is 5.92 Å². The summed E-state index contributed by atoms with van der Waals surface area (Å²) in [5, 5.41) is 13.1. The van der Waals surface area contributed by atoms with Gasteiger partial charge in [-0.15, -0.1) is 0 Å². The first-order valence-corrected chi connectivity index (χ1v) is 5.88. The summed E-state index contributed by atoms with van der Waals surface area (Å²) in [6.45, 7) is 0.798. The first-order valence-electron chi connectivity index (χ1n) is 5.88. The van der Waals surface area contributed by atoms with E-state index in [1.165, 1.54) is 6.42 Å². The highest BCUT2D eigenvalue weighted by Gasteiger charge is 2.22. The van der Waals surface area contributed by atoms with Gasteiger partial charge in [-0.25, -0.2) is 0 Å². The molecule has 0 aromatic carbocycles. The van der Waals surface area contributed by atoms with Crippen LogP contribution in [-0.2, 0) is 0 Å². The highest BCUT2D eigenvalue weighted by atomic mass is 16.3. The van der Waals surface area contributed by atoms with Crippen molar-refractivity contribution < 1.29 is 5.11 Å². The molecule has 2 rings (SSSR count). The summed E-state index contributed by atoms with van der Waals surface area (Å²) in [7, 11) is 0. The van der Waals surface area contributed by atoms with E-state index >= 15 is 0 Å². The van der Waals surface area contributed by atoms with Gasteiger partial charge in [0.15, 0.2) is 0 Å². The van der Waals surface area contributed by atoms with E-state index in [4.69, 9.17) is 5.73 Å². The molecule has 1 fully saturated rings. The molecule has 1 aromatic heterocycles. The topological polar surface area (TPSA) is 71.2 Å². The molecule has 4 heteroatoms. The Bertz CT molecular complexity index is 343. The van der Waals surface area contributed by atoms with E-state index in [2.05, 4.69) is 10.3 Å². The van der Waals surface area contributed by atoms with E-state index in [1.54, 1.807) is 12.4 Å². The van der Waals surface area contributed by atoms with Crippen LogP contribution in [0.15, 0.2) is 18.5 Å². The Morgan fingerprint density at radius 1 is 1.38 bits per heavy atom. The molecule has 2 atom stereocenters. The summed E-state index contributed by atoms with van der Waals surface area (Å²) in [6.07, 6.45) is 7.63. The molecule has 88 valence electrons. The van der Waals surface area contributed by atoms with Crippen LogP contribution in [0.1, 0.15) is 25.7 Å². The summed E-state index contributed by atoms with van der Waals surface area (Å²) in [4.78, 5) is 4.02. The van der Waals surface area contributed by atoms with Crippen LogP contribution in [0.2, 0.25) is 0 Å². The standard InChI is InChI=1S/C12H19N3O/c13-10-5-11(8-14-7-10)15-6-9-3-1-2-4-12(9)16/h5,7-9,12,15-16H,1-4,6,13H2. The SMILES string of the molecule is Nc1cncc(NCC2CCCCC2O)c1. The van der Waals surface area contributed by atoms with Crippen LogP contribution in [0.3, 0.4) is 0 Å². The number of hydrogen-bond acceptors (Lipinski definition) is 4. The molecular weight excluding hydrogens is 202 g/mol. The van der Waals surface area contributed by atoms with Crippen molar-refractivity contribution in [3.63, 3.8) is 0 Å². The van der Waals surface area contributed by atoms with Crippen LogP contribution in [0.5, 0.6) is 0 Å². The van der Waals surface area contributed by atoms with Crippen LogP contribution < -0.4 is 11.1 Å². The largest absolute Gasteiger partial charge is 0.397 e. The van der Waals surface area contributed by atoms with Gasteiger partial charge in [0, 0.05) is 18.7 Å². The highest BCUT2D eigenvalue weighted by molar-refractivity contribution is 5.51. The van der Waals surface area contributed by atoms with Crippen LogP contribution >= 0.6 is 0 Å². The zero-order chi connectivity index (χ0) is 11.4. The summed E-state index contributed by atoms with van der Waals surface area (Å²) >= 11 is 0. The molecule has 2 unspecified atom stereocenters. The van der Waals surface area contributed by atoms with Crippen LogP contribution in [0, 0.1) is 5.92 Å². The second-order valence-corrected chi connectivity index (χ2v) is 4.50. The van der Waals surface area contributed by atoms with Crippen molar-refractivity contribution in [1.29, 1.82) is 0 Å². The number of pyridine rings is 1. The van der Waals surface area contributed by atoms with Crippen LogP contribution in [0.4, 0.5) is 11.4 Å². The van der Waals surface area contributed by atoms with Gasteiger partial charge in [0.1, 0.15) is 0 Å². The molecule has 1 heterocycles. The maximum Gasteiger partial charge on any atom is 0.0585 e. The molecule has 1 aliphatic rings. The van der Waals surface area contributed by atoms with Crippen molar-refractivity contribution >= 4 is 11.4 Å². The third kappa shape index (κ3) is 2.85. The van der Waals surface area contributed by atoms with Gasteiger partial charge in [-0.1, -0.05) is 12.8 Å². The number of nitrogens with one attached hydrogen (secondary N) is 1. The van der Waals surface area contributed by atoms with Gasteiger partial charge < -0.3 is 16.2 Å². The lowest BCUT2D eigenvalue weighted by atomic mass is 9.86. The summed E-state index contributed by atoms with van der Waals surface area (Å²) in [5.74, 6) is 0.357. The van der Waals surface area contributed by atoms with Crippen molar-refractivity contribution in [2.75, 3.05) is 17.6 Å². The molecule has 0 saturated heterocycles. The van der Waals surface area contributed by atoms with Crippen molar-refractivity contribution in [2.45, 2.75) is 31.8 Å². The minimum absolute atomic E-state index is 0.157. The Morgan fingerprint density at radius 3 is 2.94 bits per heavy atom. The van der Waals surface area contributed by atoms with E-state index < -0.39 is 0 Å². The smallest absolute Gasteiger partial charge is 0.0585 e. The van der Waals surface area contributed by atoms with Gasteiger partial charge >= 0.3 is 0 Å². The zero-order valence-electron chi connectivity index (χ0n) is 9.39. The van der Waals surface area contributed by atoms with Crippen molar-refractivity contribution in [1.82, 2.24) is 4.98 Å². The lowest BCUT2D eigenvalue weighted by Gasteiger charge is -2.27. The third-order valence-electron chi connectivity index (χ3n) is 3.20. The van der Waals surface area contributed by atoms with Gasteiger partial charge in [0.25, 0.3) is 0 Å². The Labute approximate surface area is 95.9 Å². The van der Waals surface area contributed by atoms with E-state index in [1.807, 2.05) is 6.07 Å². The van der Waals surface area contributed by atoms with Gasteiger partial charge in [0.2, 0.25) is 0 Å². The second kappa shape index (κ2) is 5.16. The predicted molar refractivity (Wildman–Crippen MR) is 65.1 cm³/mol. The van der Waals surface area contributed by atoms with E-state index in [0.29, 0.717) is 11.6 Å². The van der Waals surface area contributed by atoms with Crippen molar-refractivity contribution in [3.8, 4) is 0 Å². The van der Waals surface area contributed by atoms with Crippen molar-refractivity contribution in [3.05, 3.63) is 18.5 Å². The zero-order valence-corrected chi connectivity index (χ0v) is 9.39. The predicted octanol–water partition coefficient (Wildman–Crippen LogP) is 1.63. The average molecular weight is 221 g/mol. The van der Waals surface area contributed by atoms with Crippen LogP contribution in [0.25, 0.3) is 0 Å². The molecule has 0 amide bonds. The first kappa shape index (κ1) is 11.2. The molecule has 1 aliphatic carbocycles. The number of nitrogens with two attached hydrogens (primary N) is 1. The number of aliphatic hydroxyl groups is 1. The van der Waals surface area contributed by atoms with Gasteiger partial charge in [-0.3, -0.25) is 4.98 Å². The molecule has 1 aromatic rings. The fourth-order valence-electron chi connectivity index (χ4n) is 2.23. The first-order chi connectivity index (χ1) is 7.75. The molecular formula is C12H19N3O. The Morgan fingerprint density at radius 2 is 2.19 bits per heavy atom. The molecule has 0 radical (unpaired) electrons. The Hall–Kier alpha value is -1.29. The molecule has 1 saturated carbocycles. The number of hydrogen-bond donors (Lipinski definition) is 3. The van der Waals surface area contributed by atoms with E-state index in [0.717, 1.165) is 31.5 Å². The average Bonchev–Trinajstić information content (AvgIpc) is 2.28. The van der Waals surface area contributed by atoms with Crippen LogP contribution in [-0.4, -0.2) is 22.7 Å². The summed E-state index contributed by atoms with van der Waals surface area (Å²) in [6, 6.07) is 1.86. The monoisotopic (exact) mass is 221 g/mol. The van der Waals surface area contributed by atoms with E-state index in [-0.39, 0.29) is 6.10 Å². The normalized spacial score (nSPS) is 25.3. The lowest BCUT2D eigenvalue weighted by Crippen LogP contribution is -2.30. The minimum atomic E-state index is -0.157. The lowest BCUT2D eigenvalue weighted by molar-refractivity contribution is 0.0763. The molecule has 4 nitrogen and oxygen atoms in total. The molecule has 0 spiro atoms. The summed E-state index contributed by atoms with van der Waals surface area (Å²) < 4.78 is 0. The van der Waals surface area contributed by atoms with Gasteiger partial charge in [0.05, 0.1) is 23.7 Å². The molecule has 4 N–H and O–H groups in total. The number of aliphatic hydroxyl groups excluding tert-OH is 1. The molecule has 0 aliphatic heterocycles. The quantitative estimate of drug-likeness (QED) is 0.725. The Balaban J connectivity index is 1.86. The van der Waals surface area contributed by atoms with Gasteiger partial charge in [-0.05, 0) is 18.9 Å².